The molecule has 0 aliphatic carbocycles. The van der Waals surface area contributed by atoms with Crippen LogP contribution in [0.25, 0.3) is 0 Å². The highest BCUT2D eigenvalue weighted by Crippen LogP contribution is 2.24. The van der Waals surface area contributed by atoms with Crippen LogP contribution in [-0.4, -0.2) is 50.5 Å². The average Bonchev–Trinajstić information content (AvgIpc) is 3.10. The van der Waals surface area contributed by atoms with Crippen LogP contribution in [0, 0.1) is 0 Å². The highest BCUT2D eigenvalue weighted by molar-refractivity contribution is 7.91. The van der Waals surface area contributed by atoms with Crippen LogP contribution in [0.15, 0.2) is 48.5 Å². The Balaban J connectivity index is 1.82. The molecular formula is C22H27NO5S. The Morgan fingerprint density at radius 2 is 1.72 bits per heavy atom. The molecule has 1 amide bonds. The Bertz CT molecular complexity index is 923. The lowest BCUT2D eigenvalue weighted by Gasteiger charge is -2.28. The Hall–Kier alpha value is -2.54. The van der Waals surface area contributed by atoms with E-state index in [0.717, 1.165) is 17.7 Å². The Morgan fingerprint density at radius 1 is 1.07 bits per heavy atom. The van der Waals surface area contributed by atoms with Gasteiger partial charge in [-0.25, -0.2) is 8.42 Å². The average molecular weight is 418 g/mol. The van der Waals surface area contributed by atoms with Crippen molar-refractivity contribution < 1.29 is 22.7 Å². The third-order valence-electron chi connectivity index (χ3n) is 5.00. The first-order chi connectivity index (χ1) is 13.9. The van der Waals surface area contributed by atoms with Gasteiger partial charge in [-0.2, -0.15) is 0 Å². The van der Waals surface area contributed by atoms with Gasteiger partial charge >= 0.3 is 0 Å². The number of methoxy groups -OCH3 is 1. The molecular weight excluding hydrogens is 390 g/mol. The molecule has 0 bridgehead atoms. The molecule has 0 aromatic heterocycles. The Morgan fingerprint density at radius 3 is 2.28 bits per heavy atom. The zero-order valence-electron chi connectivity index (χ0n) is 16.8. The van der Waals surface area contributed by atoms with E-state index in [1.807, 2.05) is 31.2 Å². The number of benzene rings is 2. The van der Waals surface area contributed by atoms with Crippen molar-refractivity contribution in [3.8, 4) is 11.5 Å². The quantitative estimate of drug-likeness (QED) is 0.659. The minimum Gasteiger partial charge on any atom is -0.497 e. The molecule has 1 fully saturated rings. The topological polar surface area (TPSA) is 72.9 Å². The van der Waals surface area contributed by atoms with E-state index in [4.69, 9.17) is 9.47 Å². The third-order valence-corrected chi connectivity index (χ3v) is 6.75. The summed E-state index contributed by atoms with van der Waals surface area (Å²) in [5.74, 6) is 1.40. The van der Waals surface area contributed by atoms with E-state index in [2.05, 4.69) is 0 Å². The lowest BCUT2D eigenvalue weighted by atomic mass is 10.1. The van der Waals surface area contributed by atoms with Gasteiger partial charge in [-0.15, -0.1) is 0 Å². The van der Waals surface area contributed by atoms with Crippen LogP contribution >= 0.6 is 0 Å². The van der Waals surface area contributed by atoms with Gasteiger partial charge in [-0.1, -0.05) is 19.1 Å². The summed E-state index contributed by atoms with van der Waals surface area (Å²) < 4.78 is 34.8. The van der Waals surface area contributed by atoms with Gasteiger partial charge < -0.3 is 14.4 Å². The van der Waals surface area contributed by atoms with Crippen LogP contribution in [0.2, 0.25) is 0 Å². The Labute approximate surface area is 172 Å². The SMILES string of the molecule is CCCOc1ccc(C(=O)N(Cc2ccc(OC)cc2)C2CCS(=O)(=O)C2)cc1. The number of carbonyl (C=O) groups excluding carboxylic acids is 1. The molecule has 29 heavy (non-hydrogen) atoms. The van der Waals surface area contributed by atoms with Crippen molar-refractivity contribution in [3.63, 3.8) is 0 Å². The van der Waals surface area contributed by atoms with Gasteiger partial charge in [0.15, 0.2) is 9.84 Å². The first kappa shape index (κ1) is 21.2. The molecule has 1 unspecified atom stereocenters. The van der Waals surface area contributed by atoms with Crippen LogP contribution in [0.5, 0.6) is 11.5 Å². The fraction of sp³-hybridized carbons (Fsp3) is 0.409. The van der Waals surface area contributed by atoms with Crippen molar-refractivity contribution in [2.45, 2.75) is 32.4 Å². The monoisotopic (exact) mass is 417 g/mol. The van der Waals surface area contributed by atoms with Gasteiger partial charge in [0.05, 0.1) is 25.2 Å². The molecule has 0 N–H and O–H groups in total. The van der Waals surface area contributed by atoms with Crippen LogP contribution in [0.4, 0.5) is 0 Å². The van der Waals surface area contributed by atoms with Gasteiger partial charge in [-0.05, 0) is 54.8 Å². The number of nitrogens with zero attached hydrogens (tertiary/aromatic N) is 1. The van der Waals surface area contributed by atoms with Crippen molar-refractivity contribution in [3.05, 3.63) is 59.7 Å². The summed E-state index contributed by atoms with van der Waals surface area (Å²) in [7, 11) is -1.51. The largest absolute Gasteiger partial charge is 0.497 e. The molecule has 1 saturated heterocycles. The van der Waals surface area contributed by atoms with E-state index in [1.165, 1.54) is 0 Å². The molecule has 2 aromatic rings. The summed E-state index contributed by atoms with van der Waals surface area (Å²) in [6, 6.07) is 14.2. The van der Waals surface area contributed by atoms with Gasteiger partial charge in [0.25, 0.3) is 5.91 Å². The van der Waals surface area contributed by atoms with E-state index >= 15 is 0 Å². The van der Waals surface area contributed by atoms with Crippen LogP contribution in [0.1, 0.15) is 35.7 Å². The summed E-state index contributed by atoms with van der Waals surface area (Å²) in [5.41, 5.74) is 1.44. The zero-order chi connectivity index (χ0) is 20.9. The molecule has 1 atom stereocenters. The molecule has 0 saturated carbocycles. The summed E-state index contributed by atoms with van der Waals surface area (Å²) in [6.45, 7) is 3.00. The first-order valence-electron chi connectivity index (χ1n) is 9.79. The highest BCUT2D eigenvalue weighted by Gasteiger charge is 2.35. The number of rotatable bonds is 8. The standard InChI is InChI=1S/C22H27NO5S/c1-3-13-28-21-10-6-18(7-11-21)22(24)23(19-12-14-29(25,26)16-19)15-17-4-8-20(27-2)9-5-17/h4-11,19H,3,12-16H2,1-2H3. The molecule has 1 aliphatic heterocycles. The second-order valence-electron chi connectivity index (χ2n) is 7.21. The fourth-order valence-electron chi connectivity index (χ4n) is 3.40. The van der Waals surface area contributed by atoms with Gasteiger partial charge in [0, 0.05) is 18.2 Å². The normalized spacial score (nSPS) is 17.7. The third kappa shape index (κ3) is 5.50. The molecule has 0 spiro atoms. The molecule has 3 rings (SSSR count). The van der Waals surface area contributed by atoms with E-state index in [0.29, 0.717) is 30.9 Å². The second kappa shape index (κ2) is 9.31. The molecule has 1 aliphatic rings. The predicted molar refractivity (Wildman–Crippen MR) is 112 cm³/mol. The maximum Gasteiger partial charge on any atom is 0.254 e. The first-order valence-corrected chi connectivity index (χ1v) is 11.6. The number of amides is 1. The van der Waals surface area contributed by atoms with Gasteiger partial charge in [0.2, 0.25) is 0 Å². The lowest BCUT2D eigenvalue weighted by molar-refractivity contribution is 0.0681. The summed E-state index contributed by atoms with van der Waals surface area (Å²) in [4.78, 5) is 14.9. The van der Waals surface area contributed by atoms with Crippen molar-refractivity contribution >= 4 is 15.7 Å². The molecule has 2 aromatic carbocycles. The highest BCUT2D eigenvalue weighted by atomic mass is 32.2. The fourth-order valence-corrected chi connectivity index (χ4v) is 5.13. The van der Waals surface area contributed by atoms with Gasteiger partial charge in [0.1, 0.15) is 11.5 Å². The molecule has 6 nitrogen and oxygen atoms in total. The van der Waals surface area contributed by atoms with E-state index in [-0.39, 0.29) is 23.5 Å². The number of hydrogen-bond donors (Lipinski definition) is 0. The van der Waals surface area contributed by atoms with Crippen molar-refractivity contribution in [2.75, 3.05) is 25.2 Å². The van der Waals surface area contributed by atoms with Crippen LogP contribution < -0.4 is 9.47 Å². The van der Waals surface area contributed by atoms with Gasteiger partial charge in [-0.3, -0.25) is 4.79 Å². The molecule has 1 heterocycles. The number of hydrogen-bond acceptors (Lipinski definition) is 5. The summed E-state index contributed by atoms with van der Waals surface area (Å²) in [5, 5.41) is 0. The Kier molecular flexibility index (Phi) is 6.79. The number of ether oxygens (including phenoxy) is 2. The second-order valence-corrected chi connectivity index (χ2v) is 9.44. The zero-order valence-corrected chi connectivity index (χ0v) is 17.7. The van der Waals surface area contributed by atoms with Crippen molar-refractivity contribution in [2.24, 2.45) is 0 Å². The van der Waals surface area contributed by atoms with Crippen molar-refractivity contribution in [1.29, 1.82) is 0 Å². The maximum absolute atomic E-state index is 13.3. The smallest absolute Gasteiger partial charge is 0.254 e. The summed E-state index contributed by atoms with van der Waals surface area (Å²) in [6.07, 6.45) is 1.37. The van der Waals surface area contributed by atoms with Crippen LogP contribution in [-0.2, 0) is 16.4 Å². The lowest BCUT2D eigenvalue weighted by Crippen LogP contribution is -2.40. The van der Waals surface area contributed by atoms with E-state index in [1.54, 1.807) is 36.3 Å². The van der Waals surface area contributed by atoms with Crippen molar-refractivity contribution in [1.82, 2.24) is 4.90 Å². The number of carbonyl (C=O) groups is 1. The van der Waals surface area contributed by atoms with Crippen LogP contribution in [0.3, 0.4) is 0 Å². The molecule has 156 valence electrons. The number of sulfone groups is 1. The predicted octanol–water partition coefficient (Wildman–Crippen LogP) is 3.31. The minimum atomic E-state index is -3.11. The summed E-state index contributed by atoms with van der Waals surface area (Å²) >= 11 is 0. The van der Waals surface area contributed by atoms with E-state index in [9.17, 15) is 13.2 Å². The maximum atomic E-state index is 13.3. The molecule has 0 radical (unpaired) electrons. The van der Waals surface area contributed by atoms with E-state index < -0.39 is 9.84 Å². The molecule has 7 heteroatoms. The minimum absolute atomic E-state index is 0.00654.